The lowest BCUT2D eigenvalue weighted by Gasteiger charge is -1.97. The van der Waals surface area contributed by atoms with Gasteiger partial charge in [-0.05, 0) is 50.1 Å². The number of hydrogen-bond donors (Lipinski definition) is 0. The number of aryl methyl sites for hydroxylation is 3. The molecule has 0 radical (unpaired) electrons. The van der Waals surface area contributed by atoms with Gasteiger partial charge in [-0.15, -0.1) is 0 Å². The second-order valence-electron chi connectivity index (χ2n) is 4.73. The Bertz CT molecular complexity index is 582. The van der Waals surface area contributed by atoms with Crippen molar-refractivity contribution in [1.29, 1.82) is 0 Å². The van der Waals surface area contributed by atoms with Gasteiger partial charge in [0.15, 0.2) is 0 Å². The van der Waals surface area contributed by atoms with Crippen LogP contribution >= 0.6 is 11.6 Å². The van der Waals surface area contributed by atoms with E-state index in [-0.39, 0.29) is 0 Å². The van der Waals surface area contributed by atoms with Crippen LogP contribution < -0.4 is 4.74 Å². The van der Waals surface area contributed by atoms with E-state index in [2.05, 4.69) is 30.1 Å². The summed E-state index contributed by atoms with van der Waals surface area (Å²) in [6, 6.07) is 10.1. The minimum Gasteiger partial charge on any atom is -0.493 e. The average Bonchev–Trinajstić information content (AvgIpc) is 3.03. The second-order valence-corrected chi connectivity index (χ2v) is 5.14. The van der Waals surface area contributed by atoms with Gasteiger partial charge < -0.3 is 4.74 Å². The molecule has 1 aromatic heterocycles. The molecule has 0 bridgehead atoms. The largest absolute Gasteiger partial charge is 0.493 e. The van der Waals surface area contributed by atoms with Gasteiger partial charge in [-0.25, -0.2) is 0 Å². The highest BCUT2D eigenvalue weighted by atomic mass is 35.5. The lowest BCUT2D eigenvalue weighted by atomic mass is 10.1. The van der Waals surface area contributed by atoms with Crippen LogP contribution in [0, 0.1) is 20.8 Å². The summed E-state index contributed by atoms with van der Waals surface area (Å²) in [6.45, 7) is 14.8. The van der Waals surface area contributed by atoms with Crippen molar-refractivity contribution in [3.8, 4) is 5.75 Å². The summed E-state index contributed by atoms with van der Waals surface area (Å²) in [6.07, 6.45) is 1.08. The van der Waals surface area contributed by atoms with Crippen molar-refractivity contribution in [2.24, 2.45) is 0 Å². The number of hydrogen-bond acceptors (Lipinski definition) is 2. The highest BCUT2D eigenvalue weighted by molar-refractivity contribution is 6.31. The third-order valence-electron chi connectivity index (χ3n) is 3.01. The molecule has 1 aromatic carbocycles. The van der Waals surface area contributed by atoms with E-state index in [0.29, 0.717) is 0 Å². The molecule has 1 aliphatic rings. The van der Waals surface area contributed by atoms with Gasteiger partial charge >= 0.3 is 0 Å². The number of nitrogens with zero attached hydrogens (tertiary/aromatic N) is 1. The lowest BCUT2D eigenvalue weighted by Crippen LogP contribution is -1.86. The molecule has 0 amide bonds. The van der Waals surface area contributed by atoms with Crippen molar-refractivity contribution >= 4 is 11.6 Å². The number of ether oxygens (including phenoxy) is 1. The summed E-state index contributed by atoms with van der Waals surface area (Å²) in [5.41, 5.74) is 4.54. The van der Waals surface area contributed by atoms with E-state index < -0.39 is 0 Å². The zero-order valence-corrected chi connectivity index (χ0v) is 16.3. The molecular weight excluding hydrogens is 306 g/mol. The average molecular weight is 336 g/mol. The molecule has 0 N–H and O–H groups in total. The maximum Gasteiger partial charge on any atom is 0.122 e. The highest BCUT2D eigenvalue weighted by Crippen LogP contribution is 2.25. The molecule has 0 saturated heterocycles. The molecule has 0 unspecified atom stereocenters. The summed E-state index contributed by atoms with van der Waals surface area (Å²) < 4.78 is 5.38. The zero-order valence-electron chi connectivity index (χ0n) is 15.5. The number of aromatic nitrogens is 1. The Morgan fingerprint density at radius 3 is 2.17 bits per heavy atom. The van der Waals surface area contributed by atoms with E-state index in [1.807, 2.05) is 53.7 Å². The molecule has 0 aliphatic carbocycles. The Morgan fingerprint density at radius 1 is 0.957 bits per heavy atom. The maximum atomic E-state index is 5.72. The van der Waals surface area contributed by atoms with Crippen LogP contribution in [0.25, 0.3) is 0 Å². The van der Waals surface area contributed by atoms with Gasteiger partial charge in [0.2, 0.25) is 0 Å². The fraction of sp³-hybridized carbons (Fsp3) is 0.450. The molecule has 3 rings (SSSR count). The number of benzene rings is 1. The first-order valence-corrected chi connectivity index (χ1v) is 8.76. The molecule has 0 spiro atoms. The molecule has 128 valence electrons. The minimum atomic E-state index is 0.737. The molecule has 23 heavy (non-hydrogen) atoms. The highest BCUT2D eigenvalue weighted by Gasteiger charge is 2.10. The molecule has 2 nitrogen and oxygen atoms in total. The first-order valence-electron chi connectivity index (χ1n) is 8.38. The summed E-state index contributed by atoms with van der Waals surface area (Å²) >= 11 is 5.72. The second kappa shape index (κ2) is 12.0. The molecular formula is C20H30ClNO. The van der Waals surface area contributed by atoms with Crippen LogP contribution in [0.5, 0.6) is 5.75 Å². The molecule has 3 heteroatoms. The van der Waals surface area contributed by atoms with Crippen molar-refractivity contribution in [2.75, 3.05) is 6.61 Å². The van der Waals surface area contributed by atoms with Crippen LogP contribution in [0.2, 0.25) is 5.02 Å². The third-order valence-corrected chi connectivity index (χ3v) is 3.41. The monoisotopic (exact) mass is 335 g/mol. The lowest BCUT2D eigenvalue weighted by molar-refractivity contribution is 0.356. The van der Waals surface area contributed by atoms with Crippen LogP contribution in [0.3, 0.4) is 0 Å². The van der Waals surface area contributed by atoms with Crippen LogP contribution in [0.4, 0.5) is 0 Å². The van der Waals surface area contributed by atoms with Gasteiger partial charge in [0, 0.05) is 12.1 Å². The van der Waals surface area contributed by atoms with E-state index in [1.54, 1.807) is 0 Å². The van der Waals surface area contributed by atoms with Crippen molar-refractivity contribution in [2.45, 2.75) is 54.9 Å². The number of rotatable bonds is 0. The smallest absolute Gasteiger partial charge is 0.122 e. The third kappa shape index (κ3) is 7.51. The first kappa shape index (κ1) is 21.5. The van der Waals surface area contributed by atoms with Gasteiger partial charge in [-0.1, -0.05) is 51.4 Å². The number of halogens is 1. The Morgan fingerprint density at radius 2 is 1.61 bits per heavy atom. The Hall–Kier alpha value is -1.54. The summed E-state index contributed by atoms with van der Waals surface area (Å²) in [7, 11) is 0. The Labute approximate surface area is 146 Å². The molecule has 0 fully saturated rings. The molecule has 1 aliphatic heterocycles. The number of pyridine rings is 1. The summed E-state index contributed by atoms with van der Waals surface area (Å²) in [5.74, 6) is 1.08. The standard InChI is InChI=1S/C9H10O.C7H8ClN.2C2H6/c1-7-2-3-8-4-5-10-9(8)6-7;1-5-3-4-7(8)6(2)9-5;2*1-2/h2-3,6H,4-5H2,1H3;3-4H,1-2H3;2*1-2H3. The van der Waals surface area contributed by atoms with Gasteiger partial charge in [0.05, 0.1) is 17.3 Å². The topological polar surface area (TPSA) is 22.1 Å². The van der Waals surface area contributed by atoms with Crippen LogP contribution in [0.15, 0.2) is 30.3 Å². The maximum absolute atomic E-state index is 5.72. The van der Waals surface area contributed by atoms with Crippen molar-refractivity contribution in [3.63, 3.8) is 0 Å². The van der Waals surface area contributed by atoms with Crippen molar-refractivity contribution in [3.05, 3.63) is 57.9 Å². The van der Waals surface area contributed by atoms with E-state index >= 15 is 0 Å². The van der Waals surface area contributed by atoms with Crippen molar-refractivity contribution in [1.82, 2.24) is 4.98 Å². The Balaban J connectivity index is 0.000000349. The van der Waals surface area contributed by atoms with Crippen LogP contribution in [0.1, 0.15) is 50.2 Å². The molecule has 0 saturated carbocycles. The normalized spacial score (nSPS) is 10.6. The first-order chi connectivity index (χ1) is 11.1. The van der Waals surface area contributed by atoms with Gasteiger partial charge in [-0.2, -0.15) is 0 Å². The van der Waals surface area contributed by atoms with E-state index in [4.69, 9.17) is 16.3 Å². The van der Waals surface area contributed by atoms with E-state index in [9.17, 15) is 0 Å². The predicted octanol–water partition coefficient (Wildman–Crippen LogP) is 6.33. The molecule has 2 aromatic rings. The quantitative estimate of drug-likeness (QED) is 0.560. The molecule has 2 heterocycles. The summed E-state index contributed by atoms with van der Waals surface area (Å²) in [4.78, 5) is 4.14. The van der Waals surface area contributed by atoms with Crippen LogP contribution in [-0.2, 0) is 6.42 Å². The SMILES string of the molecule is CC.CC.Cc1ccc(Cl)c(C)n1.Cc1ccc2c(c1)OCC2. The van der Waals surface area contributed by atoms with E-state index in [1.165, 1.54) is 11.1 Å². The van der Waals surface area contributed by atoms with E-state index in [0.717, 1.165) is 35.2 Å². The minimum absolute atomic E-state index is 0.737. The predicted molar refractivity (Wildman–Crippen MR) is 102 cm³/mol. The van der Waals surface area contributed by atoms with Crippen LogP contribution in [-0.4, -0.2) is 11.6 Å². The number of fused-ring (bicyclic) bond motifs is 1. The van der Waals surface area contributed by atoms with Gasteiger partial charge in [-0.3, -0.25) is 4.98 Å². The zero-order chi connectivity index (χ0) is 17.8. The van der Waals surface area contributed by atoms with Gasteiger partial charge in [0.25, 0.3) is 0 Å². The fourth-order valence-corrected chi connectivity index (χ4v) is 2.05. The Kier molecular flexibility index (Phi) is 11.2. The summed E-state index contributed by atoms with van der Waals surface area (Å²) in [5, 5.41) is 0.737. The fourth-order valence-electron chi connectivity index (χ4n) is 1.94. The van der Waals surface area contributed by atoms with Gasteiger partial charge in [0.1, 0.15) is 5.75 Å². The molecule has 0 atom stereocenters. The van der Waals surface area contributed by atoms with Crippen molar-refractivity contribution < 1.29 is 4.74 Å².